The molecule has 0 aliphatic heterocycles. The Hall–Kier alpha value is -3.78. The second-order valence-electron chi connectivity index (χ2n) is 7.74. The molecule has 2 N–H and O–H groups in total. The molecule has 10 nitrogen and oxygen atoms in total. The fourth-order valence-corrected chi connectivity index (χ4v) is 4.51. The van der Waals surface area contributed by atoms with Crippen LogP contribution in [0.1, 0.15) is 33.3 Å². The standard InChI is InChI=1S/C21H17ClF3N7O3S/c1-10-8-11(2)28-20(27-10)31-36(34,35)14-6-4-13(5-7-14)29-19(33)17-16(22)18-26-12(3)9-15(21(23,24)25)32(18)30-17/h4-9H,1-3H3,(H,29,33)(H,27,28,31). The van der Waals surface area contributed by atoms with Crippen LogP contribution in [0.15, 0.2) is 41.3 Å². The second kappa shape index (κ2) is 9.02. The highest BCUT2D eigenvalue weighted by atomic mass is 35.5. The first-order valence-corrected chi connectivity index (χ1v) is 12.0. The van der Waals surface area contributed by atoms with E-state index < -0.39 is 33.5 Å². The van der Waals surface area contributed by atoms with Crippen molar-refractivity contribution in [3.8, 4) is 0 Å². The third-order valence-corrected chi connectivity index (χ3v) is 6.49. The van der Waals surface area contributed by atoms with E-state index in [1.165, 1.54) is 31.2 Å². The summed E-state index contributed by atoms with van der Waals surface area (Å²) >= 11 is 6.12. The SMILES string of the molecule is Cc1cc(C)nc(NS(=O)(=O)c2ccc(NC(=O)c3nn4c(C(F)(F)F)cc(C)nc4c3Cl)cc2)n1. The smallest absolute Gasteiger partial charge is 0.321 e. The van der Waals surface area contributed by atoms with Crippen LogP contribution in [0.25, 0.3) is 5.65 Å². The number of hydrogen-bond acceptors (Lipinski definition) is 7. The number of nitrogens with one attached hydrogen (secondary N) is 2. The lowest BCUT2D eigenvalue weighted by atomic mass is 10.3. The molecule has 3 heterocycles. The maximum atomic E-state index is 13.4. The quantitative estimate of drug-likeness (QED) is 0.389. The van der Waals surface area contributed by atoms with Gasteiger partial charge in [0.05, 0.1) is 4.90 Å². The highest BCUT2D eigenvalue weighted by molar-refractivity contribution is 7.92. The molecule has 1 aromatic carbocycles. The van der Waals surface area contributed by atoms with Gasteiger partial charge in [0, 0.05) is 22.8 Å². The van der Waals surface area contributed by atoms with Gasteiger partial charge in [-0.15, -0.1) is 0 Å². The molecule has 0 saturated carbocycles. The van der Waals surface area contributed by atoms with Crippen LogP contribution in [-0.2, 0) is 16.2 Å². The highest BCUT2D eigenvalue weighted by Gasteiger charge is 2.36. The zero-order valence-electron chi connectivity index (χ0n) is 18.8. The van der Waals surface area contributed by atoms with Crippen molar-refractivity contribution >= 4 is 44.8 Å². The van der Waals surface area contributed by atoms with Crippen LogP contribution in [0, 0.1) is 20.8 Å². The van der Waals surface area contributed by atoms with Crippen molar-refractivity contribution in [2.24, 2.45) is 0 Å². The average molecular weight is 540 g/mol. The Morgan fingerprint density at radius 1 is 0.972 bits per heavy atom. The summed E-state index contributed by atoms with van der Waals surface area (Å²) in [5, 5.41) is 5.77. The molecule has 0 fully saturated rings. The molecule has 188 valence electrons. The van der Waals surface area contributed by atoms with Crippen molar-refractivity contribution in [1.82, 2.24) is 24.6 Å². The first-order chi connectivity index (χ1) is 16.7. The van der Waals surface area contributed by atoms with Crippen LogP contribution in [0.3, 0.4) is 0 Å². The van der Waals surface area contributed by atoms with Gasteiger partial charge < -0.3 is 5.32 Å². The van der Waals surface area contributed by atoms with Crippen molar-refractivity contribution < 1.29 is 26.4 Å². The number of alkyl halides is 3. The second-order valence-corrected chi connectivity index (χ2v) is 9.80. The third kappa shape index (κ3) is 5.09. The van der Waals surface area contributed by atoms with Crippen molar-refractivity contribution in [1.29, 1.82) is 0 Å². The van der Waals surface area contributed by atoms with E-state index in [4.69, 9.17) is 11.6 Å². The first kappa shape index (κ1) is 25.3. The molecule has 36 heavy (non-hydrogen) atoms. The van der Waals surface area contributed by atoms with E-state index in [2.05, 4.69) is 30.1 Å². The Bertz CT molecular complexity index is 1580. The molecule has 0 unspecified atom stereocenters. The van der Waals surface area contributed by atoms with E-state index in [0.717, 1.165) is 6.07 Å². The Morgan fingerprint density at radius 2 is 1.56 bits per heavy atom. The maximum Gasteiger partial charge on any atom is 0.433 e. The minimum atomic E-state index is -4.76. The van der Waals surface area contributed by atoms with Crippen molar-refractivity contribution in [3.05, 3.63) is 69.9 Å². The van der Waals surface area contributed by atoms with Crippen LogP contribution >= 0.6 is 11.6 Å². The summed E-state index contributed by atoms with van der Waals surface area (Å²) in [4.78, 5) is 24.6. The Balaban J connectivity index is 1.57. The topological polar surface area (TPSA) is 131 Å². The summed E-state index contributed by atoms with van der Waals surface area (Å²) < 4.78 is 68.3. The predicted molar refractivity (Wildman–Crippen MR) is 124 cm³/mol. The molecule has 0 aliphatic rings. The molecule has 1 amide bonds. The monoisotopic (exact) mass is 539 g/mol. The third-order valence-electron chi connectivity index (χ3n) is 4.80. The van der Waals surface area contributed by atoms with Crippen LogP contribution in [-0.4, -0.2) is 38.9 Å². The van der Waals surface area contributed by atoms with Gasteiger partial charge in [-0.3, -0.25) is 4.79 Å². The fraction of sp³-hybridized carbons (Fsp3) is 0.190. The van der Waals surface area contributed by atoms with Crippen molar-refractivity contribution in [2.45, 2.75) is 31.8 Å². The van der Waals surface area contributed by atoms with Gasteiger partial charge in [-0.2, -0.15) is 18.3 Å². The van der Waals surface area contributed by atoms with Gasteiger partial charge in [0.1, 0.15) is 10.7 Å². The van der Waals surface area contributed by atoms with Gasteiger partial charge >= 0.3 is 6.18 Å². The molecule has 0 bridgehead atoms. The van der Waals surface area contributed by atoms with Crippen LogP contribution < -0.4 is 10.0 Å². The van der Waals surface area contributed by atoms with Gasteiger partial charge in [0.2, 0.25) is 5.95 Å². The molecule has 0 saturated heterocycles. The number of anilines is 2. The lowest BCUT2D eigenvalue weighted by Crippen LogP contribution is -2.17. The summed E-state index contributed by atoms with van der Waals surface area (Å²) in [6, 6.07) is 7.50. The zero-order valence-corrected chi connectivity index (χ0v) is 20.4. The van der Waals surface area contributed by atoms with E-state index in [-0.39, 0.29) is 32.9 Å². The van der Waals surface area contributed by atoms with E-state index in [9.17, 15) is 26.4 Å². The van der Waals surface area contributed by atoms with Gasteiger partial charge in [0.25, 0.3) is 15.9 Å². The fourth-order valence-electron chi connectivity index (χ4n) is 3.32. The van der Waals surface area contributed by atoms with E-state index in [1.807, 2.05) is 0 Å². The van der Waals surface area contributed by atoms with Crippen molar-refractivity contribution in [2.75, 3.05) is 10.0 Å². The maximum absolute atomic E-state index is 13.4. The lowest BCUT2D eigenvalue weighted by molar-refractivity contribution is -0.142. The number of hydrogen-bond donors (Lipinski definition) is 2. The van der Waals surface area contributed by atoms with Crippen molar-refractivity contribution in [3.63, 3.8) is 0 Å². The molecule has 0 atom stereocenters. The average Bonchev–Trinajstić information content (AvgIpc) is 3.08. The van der Waals surface area contributed by atoms with Gasteiger partial charge in [-0.05, 0) is 57.2 Å². The van der Waals surface area contributed by atoms with Gasteiger partial charge in [-0.25, -0.2) is 32.6 Å². The van der Waals surface area contributed by atoms with Gasteiger partial charge in [-0.1, -0.05) is 11.6 Å². The number of rotatable bonds is 5. The number of fused-ring (bicyclic) bond motifs is 1. The van der Waals surface area contributed by atoms with Crippen LogP contribution in [0.5, 0.6) is 0 Å². The Labute approximate surface area is 207 Å². The van der Waals surface area contributed by atoms with E-state index in [0.29, 0.717) is 15.9 Å². The number of halogens is 4. The summed E-state index contributed by atoms with van der Waals surface area (Å²) in [6.07, 6.45) is -4.76. The Morgan fingerprint density at radius 3 is 2.14 bits per heavy atom. The van der Waals surface area contributed by atoms with E-state index >= 15 is 0 Å². The summed E-state index contributed by atoms with van der Waals surface area (Å²) in [5.41, 5.74) is -0.593. The number of nitrogens with zero attached hydrogens (tertiary/aromatic N) is 5. The number of carbonyl (C=O) groups excluding carboxylic acids is 1. The lowest BCUT2D eigenvalue weighted by Gasteiger charge is -2.09. The number of amides is 1. The number of aromatic nitrogens is 5. The summed E-state index contributed by atoms with van der Waals surface area (Å²) in [6.45, 7) is 4.75. The molecule has 0 spiro atoms. The molecule has 15 heteroatoms. The van der Waals surface area contributed by atoms with Crippen LogP contribution in [0.2, 0.25) is 5.02 Å². The van der Waals surface area contributed by atoms with Gasteiger partial charge in [0.15, 0.2) is 11.3 Å². The molecule has 0 aliphatic carbocycles. The minimum Gasteiger partial charge on any atom is -0.321 e. The normalized spacial score (nSPS) is 12.1. The van der Waals surface area contributed by atoms with Crippen LogP contribution in [0.4, 0.5) is 24.8 Å². The number of sulfonamides is 1. The number of benzene rings is 1. The molecule has 4 rings (SSSR count). The highest BCUT2D eigenvalue weighted by Crippen LogP contribution is 2.32. The summed E-state index contributed by atoms with van der Waals surface area (Å²) in [5.74, 6) is -0.998. The zero-order chi connectivity index (χ0) is 26.4. The molecule has 0 radical (unpaired) electrons. The Kier molecular flexibility index (Phi) is 6.34. The summed E-state index contributed by atoms with van der Waals surface area (Å²) in [7, 11) is -4.03. The van der Waals surface area contributed by atoms with E-state index in [1.54, 1.807) is 19.9 Å². The predicted octanol–water partition coefficient (Wildman–Crippen LogP) is 4.17. The number of carbonyl (C=O) groups is 1. The number of aryl methyl sites for hydroxylation is 3. The molecule has 4 aromatic rings. The molecule has 3 aromatic heterocycles. The molecular weight excluding hydrogens is 523 g/mol. The first-order valence-electron chi connectivity index (χ1n) is 10.1. The minimum absolute atomic E-state index is 0.0419. The molecular formula is C21H17ClF3N7O3S. The largest absolute Gasteiger partial charge is 0.433 e.